The lowest BCUT2D eigenvalue weighted by atomic mass is 9.89. The van der Waals surface area contributed by atoms with Crippen LogP contribution in [0.2, 0.25) is 0 Å². The van der Waals surface area contributed by atoms with E-state index >= 15 is 0 Å². The Morgan fingerprint density at radius 3 is 3.04 bits per heavy atom. The molecule has 2 atom stereocenters. The predicted molar refractivity (Wildman–Crippen MR) is 99.7 cm³/mol. The molecule has 5 heteroatoms. The number of aryl methyl sites for hydroxylation is 1. The number of aromatic nitrogens is 1. The van der Waals surface area contributed by atoms with Gasteiger partial charge in [0.1, 0.15) is 0 Å². The third kappa shape index (κ3) is 4.11. The zero-order valence-electron chi connectivity index (χ0n) is 14.8. The standard InChI is InChI=1S/C20H26N2O2S/c1-16-5-10-25-19(16)12-22-9-2-6-20(15-22)11-18(14-24-20)23-13-17-3-7-21-8-4-17/h3-5,7-8,10,18H,2,6,9,11-15H2,1H3/t18-,20-/m0/s1. The first-order chi connectivity index (χ1) is 12.2. The van der Waals surface area contributed by atoms with Gasteiger partial charge in [0.15, 0.2) is 0 Å². The minimum Gasteiger partial charge on any atom is -0.371 e. The second-order valence-electron chi connectivity index (χ2n) is 7.33. The second-order valence-corrected chi connectivity index (χ2v) is 8.33. The van der Waals surface area contributed by atoms with E-state index < -0.39 is 0 Å². The lowest BCUT2D eigenvalue weighted by Gasteiger charge is -2.39. The average Bonchev–Trinajstić information content (AvgIpc) is 3.21. The fourth-order valence-corrected chi connectivity index (χ4v) is 4.93. The molecule has 1 spiro atoms. The van der Waals surface area contributed by atoms with Crippen LogP contribution in [0.25, 0.3) is 0 Å². The fourth-order valence-electron chi connectivity index (χ4n) is 3.98. The SMILES string of the molecule is Cc1ccsc1CN1CCC[C@]2(C[C@H](OCc3ccncc3)CO2)C1. The monoisotopic (exact) mass is 358 g/mol. The van der Waals surface area contributed by atoms with Crippen LogP contribution >= 0.6 is 11.3 Å². The maximum atomic E-state index is 6.29. The zero-order valence-corrected chi connectivity index (χ0v) is 15.6. The van der Waals surface area contributed by atoms with Crippen molar-refractivity contribution >= 4 is 11.3 Å². The van der Waals surface area contributed by atoms with E-state index in [-0.39, 0.29) is 11.7 Å². The van der Waals surface area contributed by atoms with E-state index in [1.54, 1.807) is 0 Å². The number of likely N-dealkylation sites (tertiary alicyclic amines) is 1. The molecule has 2 fully saturated rings. The smallest absolute Gasteiger partial charge is 0.0841 e. The van der Waals surface area contributed by atoms with Gasteiger partial charge >= 0.3 is 0 Å². The molecule has 4 heterocycles. The molecule has 4 nitrogen and oxygen atoms in total. The summed E-state index contributed by atoms with van der Waals surface area (Å²) < 4.78 is 12.4. The van der Waals surface area contributed by atoms with Crippen molar-refractivity contribution < 1.29 is 9.47 Å². The van der Waals surface area contributed by atoms with Gasteiger partial charge in [0, 0.05) is 36.8 Å². The first-order valence-corrected chi connectivity index (χ1v) is 10.0. The lowest BCUT2D eigenvalue weighted by Crippen LogP contribution is -2.47. The van der Waals surface area contributed by atoms with Crippen LogP contribution in [0, 0.1) is 6.92 Å². The molecule has 0 aliphatic carbocycles. The molecule has 0 radical (unpaired) electrons. The summed E-state index contributed by atoms with van der Waals surface area (Å²) in [5.41, 5.74) is 2.58. The Balaban J connectivity index is 1.32. The number of pyridine rings is 1. The Kier molecular flexibility index (Phi) is 5.17. The number of rotatable bonds is 5. The summed E-state index contributed by atoms with van der Waals surface area (Å²) in [6.45, 7) is 6.82. The molecule has 25 heavy (non-hydrogen) atoms. The highest BCUT2D eigenvalue weighted by atomic mass is 32.1. The Bertz CT molecular complexity index is 690. The maximum absolute atomic E-state index is 6.29. The molecule has 4 rings (SSSR count). The molecule has 2 aliphatic rings. The second kappa shape index (κ2) is 7.54. The third-order valence-corrected chi connectivity index (χ3v) is 6.37. The third-order valence-electron chi connectivity index (χ3n) is 5.36. The first kappa shape index (κ1) is 17.2. The van der Waals surface area contributed by atoms with E-state index in [2.05, 4.69) is 28.3 Å². The van der Waals surface area contributed by atoms with Crippen LogP contribution in [-0.4, -0.2) is 41.3 Å². The van der Waals surface area contributed by atoms with Crippen molar-refractivity contribution in [3.8, 4) is 0 Å². The Morgan fingerprint density at radius 1 is 1.36 bits per heavy atom. The maximum Gasteiger partial charge on any atom is 0.0841 e. The molecule has 2 aromatic heterocycles. The van der Waals surface area contributed by atoms with Gasteiger partial charge in [-0.15, -0.1) is 11.3 Å². The van der Waals surface area contributed by atoms with Gasteiger partial charge in [0.25, 0.3) is 0 Å². The van der Waals surface area contributed by atoms with Gasteiger partial charge in [0.2, 0.25) is 0 Å². The summed E-state index contributed by atoms with van der Waals surface area (Å²) >= 11 is 1.87. The molecule has 0 saturated carbocycles. The fraction of sp³-hybridized carbons (Fsp3) is 0.550. The zero-order chi connectivity index (χ0) is 17.1. The van der Waals surface area contributed by atoms with Crippen molar-refractivity contribution in [2.24, 2.45) is 0 Å². The molecule has 2 saturated heterocycles. The Labute approximate surface area is 153 Å². The van der Waals surface area contributed by atoms with E-state index in [0.717, 1.165) is 32.5 Å². The van der Waals surface area contributed by atoms with E-state index in [9.17, 15) is 0 Å². The van der Waals surface area contributed by atoms with E-state index in [0.29, 0.717) is 6.61 Å². The number of ether oxygens (including phenoxy) is 2. The van der Waals surface area contributed by atoms with Gasteiger partial charge < -0.3 is 9.47 Å². The highest BCUT2D eigenvalue weighted by Crippen LogP contribution is 2.37. The quantitative estimate of drug-likeness (QED) is 0.814. The average molecular weight is 359 g/mol. The highest BCUT2D eigenvalue weighted by Gasteiger charge is 2.43. The number of thiophene rings is 1. The summed E-state index contributed by atoms with van der Waals surface area (Å²) in [4.78, 5) is 8.10. The van der Waals surface area contributed by atoms with Gasteiger partial charge in [0.05, 0.1) is 24.9 Å². The van der Waals surface area contributed by atoms with Gasteiger partial charge in [-0.1, -0.05) is 0 Å². The minimum absolute atomic E-state index is 0.00761. The highest BCUT2D eigenvalue weighted by molar-refractivity contribution is 7.10. The van der Waals surface area contributed by atoms with E-state index in [1.165, 1.54) is 29.0 Å². The van der Waals surface area contributed by atoms with Crippen LogP contribution < -0.4 is 0 Å². The molecular formula is C20H26N2O2S. The Hall–Kier alpha value is -1.27. The van der Waals surface area contributed by atoms with Gasteiger partial charge in [-0.2, -0.15) is 0 Å². The molecule has 2 aromatic rings. The number of hydrogen-bond donors (Lipinski definition) is 0. The summed E-state index contributed by atoms with van der Waals surface area (Å²) in [6.07, 6.45) is 7.21. The van der Waals surface area contributed by atoms with Crippen molar-refractivity contribution in [3.05, 3.63) is 52.0 Å². The number of nitrogens with zero attached hydrogens (tertiary/aromatic N) is 2. The molecule has 0 N–H and O–H groups in total. The lowest BCUT2D eigenvalue weighted by molar-refractivity contribution is -0.0546. The van der Waals surface area contributed by atoms with Gasteiger partial charge in [-0.3, -0.25) is 9.88 Å². The summed E-state index contributed by atoms with van der Waals surface area (Å²) in [6, 6.07) is 6.24. The van der Waals surface area contributed by atoms with Crippen LogP contribution in [0.4, 0.5) is 0 Å². The Morgan fingerprint density at radius 2 is 2.24 bits per heavy atom. The van der Waals surface area contributed by atoms with Crippen LogP contribution in [0.3, 0.4) is 0 Å². The summed E-state index contributed by atoms with van der Waals surface area (Å²) in [5, 5.41) is 2.19. The normalized spacial score (nSPS) is 27.2. The van der Waals surface area contributed by atoms with E-state index in [1.807, 2.05) is 35.9 Å². The van der Waals surface area contributed by atoms with Crippen LogP contribution in [0.15, 0.2) is 36.0 Å². The molecule has 134 valence electrons. The van der Waals surface area contributed by atoms with Gasteiger partial charge in [-0.05, 0) is 61.0 Å². The largest absolute Gasteiger partial charge is 0.371 e. The summed E-state index contributed by atoms with van der Waals surface area (Å²) in [7, 11) is 0. The molecular weight excluding hydrogens is 332 g/mol. The van der Waals surface area contributed by atoms with Crippen LogP contribution in [0.5, 0.6) is 0 Å². The topological polar surface area (TPSA) is 34.6 Å². The van der Waals surface area contributed by atoms with Crippen molar-refractivity contribution in [3.63, 3.8) is 0 Å². The molecule has 0 amide bonds. The number of piperidine rings is 1. The summed E-state index contributed by atoms with van der Waals surface area (Å²) in [5.74, 6) is 0. The van der Waals surface area contributed by atoms with Crippen molar-refractivity contribution in [2.45, 2.75) is 51.0 Å². The molecule has 0 aromatic carbocycles. The first-order valence-electron chi connectivity index (χ1n) is 9.12. The van der Waals surface area contributed by atoms with Crippen LogP contribution in [-0.2, 0) is 22.6 Å². The van der Waals surface area contributed by atoms with Gasteiger partial charge in [-0.25, -0.2) is 0 Å². The molecule has 0 bridgehead atoms. The number of hydrogen-bond acceptors (Lipinski definition) is 5. The van der Waals surface area contributed by atoms with Crippen molar-refractivity contribution in [1.82, 2.24) is 9.88 Å². The van der Waals surface area contributed by atoms with Crippen molar-refractivity contribution in [1.29, 1.82) is 0 Å². The molecule has 2 aliphatic heterocycles. The predicted octanol–water partition coefficient (Wildman–Crippen LogP) is 3.79. The van der Waals surface area contributed by atoms with Crippen LogP contribution in [0.1, 0.15) is 35.3 Å². The minimum atomic E-state index is -0.00761. The van der Waals surface area contributed by atoms with E-state index in [4.69, 9.17) is 9.47 Å². The molecule has 0 unspecified atom stereocenters. The van der Waals surface area contributed by atoms with Crippen molar-refractivity contribution in [2.75, 3.05) is 19.7 Å².